The summed E-state index contributed by atoms with van der Waals surface area (Å²) in [5, 5.41) is 17.9. The Labute approximate surface area is 188 Å². The van der Waals surface area contributed by atoms with E-state index in [1.807, 2.05) is 36.1 Å². The van der Waals surface area contributed by atoms with Crippen molar-refractivity contribution in [1.82, 2.24) is 15.1 Å². The molecule has 7 nitrogen and oxygen atoms in total. The molecule has 0 aliphatic carbocycles. The molecule has 1 atom stereocenters. The van der Waals surface area contributed by atoms with Gasteiger partial charge in [-0.2, -0.15) is 5.10 Å². The lowest BCUT2D eigenvalue weighted by atomic mass is 9.95. The number of nitrogens with one attached hydrogen (secondary N) is 1. The van der Waals surface area contributed by atoms with Crippen molar-refractivity contribution in [3.05, 3.63) is 58.8 Å². The number of aromatic nitrogens is 2. The normalized spacial score (nSPS) is 15.2. The number of carbonyl (C=O) groups excluding carboxylic acids is 1. The Morgan fingerprint density at radius 1 is 1.09 bits per heavy atom. The molecule has 1 unspecified atom stereocenters. The lowest BCUT2D eigenvalue weighted by molar-refractivity contribution is 0.0740. The standard InChI is InChI=1S/C25H29N3O4/c1-5-6-7-12-28-23(17-13-18(31-3)24(29)19(14-17)32-4)20-21(26-27-22(20)25(28)30)16-10-8-15(2)9-11-16/h8-11,13-14,23,29H,5-7,12H2,1-4H3,(H,26,27). The maximum Gasteiger partial charge on any atom is 0.273 e. The Morgan fingerprint density at radius 3 is 2.34 bits per heavy atom. The van der Waals surface area contributed by atoms with Gasteiger partial charge in [0, 0.05) is 17.7 Å². The summed E-state index contributed by atoms with van der Waals surface area (Å²) in [6.45, 7) is 4.80. The van der Waals surface area contributed by atoms with Gasteiger partial charge in [0.15, 0.2) is 11.5 Å². The second kappa shape index (κ2) is 8.94. The number of carbonyl (C=O) groups is 1. The Bertz CT molecular complexity index is 1100. The van der Waals surface area contributed by atoms with Crippen LogP contribution in [0.15, 0.2) is 36.4 Å². The average Bonchev–Trinajstić information content (AvgIpc) is 3.34. The van der Waals surface area contributed by atoms with E-state index in [1.165, 1.54) is 14.2 Å². The lowest BCUT2D eigenvalue weighted by Gasteiger charge is -2.27. The second-order valence-electron chi connectivity index (χ2n) is 8.11. The minimum absolute atomic E-state index is 0.0632. The van der Waals surface area contributed by atoms with E-state index in [2.05, 4.69) is 17.1 Å². The van der Waals surface area contributed by atoms with Gasteiger partial charge < -0.3 is 19.5 Å². The van der Waals surface area contributed by atoms with Crippen molar-refractivity contribution in [2.45, 2.75) is 39.2 Å². The van der Waals surface area contributed by atoms with Crippen LogP contribution in [0.25, 0.3) is 11.3 Å². The van der Waals surface area contributed by atoms with Gasteiger partial charge in [-0.15, -0.1) is 0 Å². The minimum atomic E-state index is -0.368. The van der Waals surface area contributed by atoms with Crippen molar-refractivity contribution in [3.8, 4) is 28.5 Å². The van der Waals surface area contributed by atoms with Crippen LogP contribution in [0.5, 0.6) is 17.2 Å². The molecule has 1 aromatic heterocycles. The van der Waals surface area contributed by atoms with E-state index in [1.54, 1.807) is 12.1 Å². The number of aromatic amines is 1. The van der Waals surface area contributed by atoms with Crippen LogP contribution >= 0.6 is 0 Å². The number of benzene rings is 2. The molecule has 4 rings (SSSR count). The van der Waals surface area contributed by atoms with E-state index in [4.69, 9.17) is 9.47 Å². The summed E-state index contributed by atoms with van der Waals surface area (Å²) in [6.07, 6.45) is 3.01. The molecule has 0 radical (unpaired) electrons. The van der Waals surface area contributed by atoms with E-state index in [0.29, 0.717) is 23.7 Å². The Morgan fingerprint density at radius 2 is 1.75 bits per heavy atom. The van der Waals surface area contributed by atoms with Crippen LogP contribution in [0.3, 0.4) is 0 Å². The number of aryl methyl sites for hydroxylation is 1. The summed E-state index contributed by atoms with van der Waals surface area (Å²) >= 11 is 0. The number of phenolic OH excluding ortho intramolecular Hbond substituents is 1. The molecule has 0 saturated carbocycles. The zero-order chi connectivity index (χ0) is 22.8. The Balaban J connectivity index is 1.88. The van der Waals surface area contributed by atoms with Crippen LogP contribution in [-0.2, 0) is 0 Å². The number of unbranched alkanes of at least 4 members (excludes halogenated alkanes) is 2. The van der Waals surface area contributed by atoms with Gasteiger partial charge in [-0.3, -0.25) is 9.89 Å². The van der Waals surface area contributed by atoms with Gasteiger partial charge in [0.1, 0.15) is 5.69 Å². The molecule has 0 saturated heterocycles. The Hall–Kier alpha value is -3.48. The fraction of sp³-hybridized carbons (Fsp3) is 0.360. The lowest BCUT2D eigenvalue weighted by Crippen LogP contribution is -2.30. The van der Waals surface area contributed by atoms with Crippen LogP contribution in [0, 0.1) is 6.92 Å². The molecule has 168 valence electrons. The number of fused-ring (bicyclic) bond motifs is 1. The predicted octanol–water partition coefficient (Wildman–Crippen LogP) is 4.84. The molecule has 2 N–H and O–H groups in total. The summed E-state index contributed by atoms with van der Waals surface area (Å²) in [6, 6.07) is 11.3. The summed E-state index contributed by atoms with van der Waals surface area (Å²) in [4.78, 5) is 15.3. The first kappa shape index (κ1) is 21.7. The number of methoxy groups -OCH3 is 2. The zero-order valence-electron chi connectivity index (χ0n) is 18.9. The van der Waals surface area contributed by atoms with Crippen molar-refractivity contribution in [2.75, 3.05) is 20.8 Å². The predicted molar refractivity (Wildman–Crippen MR) is 122 cm³/mol. The number of amides is 1. The van der Waals surface area contributed by atoms with Gasteiger partial charge >= 0.3 is 0 Å². The van der Waals surface area contributed by atoms with Crippen molar-refractivity contribution in [2.24, 2.45) is 0 Å². The largest absolute Gasteiger partial charge is 0.502 e. The van der Waals surface area contributed by atoms with Crippen molar-refractivity contribution >= 4 is 5.91 Å². The van der Waals surface area contributed by atoms with Crippen LogP contribution in [0.2, 0.25) is 0 Å². The minimum Gasteiger partial charge on any atom is -0.502 e. The van der Waals surface area contributed by atoms with E-state index in [9.17, 15) is 9.90 Å². The number of H-pyrrole nitrogens is 1. The Kier molecular flexibility index (Phi) is 6.08. The van der Waals surface area contributed by atoms with Gasteiger partial charge in [-0.1, -0.05) is 49.6 Å². The molecule has 3 aromatic rings. The van der Waals surface area contributed by atoms with E-state index < -0.39 is 0 Å². The number of rotatable bonds is 8. The topological polar surface area (TPSA) is 87.7 Å². The molecule has 1 aliphatic rings. The fourth-order valence-corrected chi connectivity index (χ4v) is 4.31. The van der Waals surface area contributed by atoms with Gasteiger partial charge in [0.05, 0.1) is 26.0 Å². The fourth-order valence-electron chi connectivity index (χ4n) is 4.31. The van der Waals surface area contributed by atoms with E-state index in [-0.39, 0.29) is 17.7 Å². The molecule has 32 heavy (non-hydrogen) atoms. The second-order valence-corrected chi connectivity index (χ2v) is 8.11. The van der Waals surface area contributed by atoms with Crippen LogP contribution in [0.1, 0.15) is 59.4 Å². The third kappa shape index (κ3) is 3.68. The van der Waals surface area contributed by atoms with Gasteiger partial charge in [0.25, 0.3) is 5.91 Å². The molecular weight excluding hydrogens is 406 g/mol. The molecule has 7 heteroatoms. The number of aromatic hydroxyl groups is 1. The van der Waals surface area contributed by atoms with Gasteiger partial charge in [0.2, 0.25) is 5.75 Å². The number of phenols is 1. The molecule has 0 fully saturated rings. The highest BCUT2D eigenvalue weighted by molar-refractivity contribution is 6.00. The van der Waals surface area contributed by atoms with Crippen molar-refractivity contribution in [3.63, 3.8) is 0 Å². The highest BCUT2D eigenvalue weighted by Gasteiger charge is 2.42. The number of ether oxygens (including phenoxy) is 2. The zero-order valence-corrected chi connectivity index (χ0v) is 18.9. The van der Waals surface area contributed by atoms with Crippen molar-refractivity contribution < 1.29 is 19.4 Å². The number of nitrogens with zero attached hydrogens (tertiary/aromatic N) is 2. The van der Waals surface area contributed by atoms with E-state index >= 15 is 0 Å². The highest BCUT2D eigenvalue weighted by atomic mass is 16.5. The average molecular weight is 436 g/mol. The summed E-state index contributed by atoms with van der Waals surface area (Å²) in [5.74, 6) is 0.466. The maximum absolute atomic E-state index is 13.4. The van der Waals surface area contributed by atoms with Gasteiger partial charge in [-0.25, -0.2) is 0 Å². The number of hydrogen-bond donors (Lipinski definition) is 2. The van der Waals surface area contributed by atoms with Crippen LogP contribution in [-0.4, -0.2) is 46.9 Å². The first-order chi connectivity index (χ1) is 15.5. The molecular formula is C25H29N3O4. The smallest absolute Gasteiger partial charge is 0.273 e. The monoisotopic (exact) mass is 435 g/mol. The highest BCUT2D eigenvalue weighted by Crippen LogP contribution is 2.47. The first-order valence-corrected chi connectivity index (χ1v) is 10.9. The SMILES string of the molecule is CCCCCN1C(=O)c2[nH]nc(-c3ccc(C)cc3)c2C1c1cc(OC)c(O)c(OC)c1. The third-order valence-corrected chi connectivity index (χ3v) is 6.01. The molecule has 1 amide bonds. The molecule has 0 spiro atoms. The molecule has 0 bridgehead atoms. The maximum atomic E-state index is 13.4. The molecule has 2 heterocycles. The van der Waals surface area contributed by atoms with E-state index in [0.717, 1.165) is 47.2 Å². The quantitative estimate of drug-likeness (QED) is 0.494. The molecule has 1 aliphatic heterocycles. The summed E-state index contributed by atoms with van der Waals surface area (Å²) in [5.41, 5.74) is 5.00. The first-order valence-electron chi connectivity index (χ1n) is 10.9. The van der Waals surface area contributed by atoms with Crippen molar-refractivity contribution in [1.29, 1.82) is 0 Å². The summed E-state index contributed by atoms with van der Waals surface area (Å²) < 4.78 is 10.8. The van der Waals surface area contributed by atoms with Gasteiger partial charge in [-0.05, 0) is 31.0 Å². The van der Waals surface area contributed by atoms with Crippen LogP contribution in [0.4, 0.5) is 0 Å². The van der Waals surface area contributed by atoms with Crippen LogP contribution < -0.4 is 9.47 Å². The summed E-state index contributed by atoms with van der Waals surface area (Å²) in [7, 11) is 3.00. The third-order valence-electron chi connectivity index (χ3n) is 6.01. The number of hydrogen-bond acceptors (Lipinski definition) is 5. The molecule has 2 aromatic carbocycles.